The van der Waals surface area contributed by atoms with Crippen LogP contribution in [0.5, 0.6) is 0 Å². The van der Waals surface area contributed by atoms with Gasteiger partial charge < -0.3 is 10.2 Å². The van der Waals surface area contributed by atoms with Gasteiger partial charge in [-0.3, -0.25) is 4.79 Å². The molecule has 0 saturated carbocycles. The molecule has 1 aliphatic heterocycles. The third-order valence-electron chi connectivity index (χ3n) is 4.05. The van der Waals surface area contributed by atoms with Crippen molar-refractivity contribution in [2.75, 3.05) is 26.2 Å². The summed E-state index contributed by atoms with van der Waals surface area (Å²) in [4.78, 5) is 14.7. The van der Waals surface area contributed by atoms with Crippen LogP contribution in [0.3, 0.4) is 0 Å². The molecule has 2 atom stereocenters. The molecule has 1 aromatic carbocycles. The van der Waals surface area contributed by atoms with Crippen LogP contribution in [0.4, 0.5) is 0 Å². The Morgan fingerprint density at radius 1 is 1.36 bits per heavy atom. The zero-order valence-electron chi connectivity index (χ0n) is 13.2. The number of amides is 1. The van der Waals surface area contributed by atoms with Crippen LogP contribution in [-0.2, 0) is 0 Å². The Bertz CT molecular complexity index is 513. The lowest BCUT2D eigenvalue weighted by molar-refractivity contribution is 0.0946. The summed E-state index contributed by atoms with van der Waals surface area (Å²) in [5, 5.41) is 3.55. The van der Waals surface area contributed by atoms with Crippen LogP contribution in [0.1, 0.15) is 37.0 Å². The molecule has 0 radical (unpaired) electrons. The SMILES string of the molecule is CC1CC(C)CN(CCCNC(=O)c2cc(Cl)ccc2Br)C1. The summed E-state index contributed by atoms with van der Waals surface area (Å²) >= 11 is 9.33. The van der Waals surface area contributed by atoms with Crippen molar-refractivity contribution >= 4 is 33.4 Å². The van der Waals surface area contributed by atoms with E-state index in [4.69, 9.17) is 11.6 Å². The van der Waals surface area contributed by atoms with Crippen molar-refractivity contribution in [3.8, 4) is 0 Å². The van der Waals surface area contributed by atoms with Gasteiger partial charge in [0.2, 0.25) is 0 Å². The van der Waals surface area contributed by atoms with Gasteiger partial charge in [-0.05, 0) is 65.4 Å². The monoisotopic (exact) mass is 386 g/mol. The smallest absolute Gasteiger partial charge is 0.252 e. The van der Waals surface area contributed by atoms with Gasteiger partial charge in [-0.15, -0.1) is 0 Å². The molecule has 1 amide bonds. The van der Waals surface area contributed by atoms with E-state index in [1.54, 1.807) is 18.2 Å². The average Bonchev–Trinajstić information content (AvgIpc) is 2.45. The van der Waals surface area contributed by atoms with Gasteiger partial charge >= 0.3 is 0 Å². The van der Waals surface area contributed by atoms with Gasteiger partial charge in [0.25, 0.3) is 5.91 Å². The van der Waals surface area contributed by atoms with E-state index < -0.39 is 0 Å². The van der Waals surface area contributed by atoms with Crippen molar-refractivity contribution in [1.29, 1.82) is 0 Å². The summed E-state index contributed by atoms with van der Waals surface area (Å²) in [7, 11) is 0. The van der Waals surface area contributed by atoms with E-state index in [0.717, 1.165) is 29.3 Å². The third kappa shape index (κ3) is 5.25. The molecule has 3 nitrogen and oxygen atoms in total. The average molecular weight is 388 g/mol. The summed E-state index contributed by atoms with van der Waals surface area (Å²) in [5.74, 6) is 1.48. The molecule has 1 fully saturated rings. The zero-order chi connectivity index (χ0) is 16.1. The van der Waals surface area contributed by atoms with Crippen molar-refractivity contribution in [2.24, 2.45) is 11.8 Å². The van der Waals surface area contributed by atoms with Gasteiger partial charge in [0.1, 0.15) is 0 Å². The molecule has 0 aromatic heterocycles. The van der Waals surface area contributed by atoms with E-state index in [-0.39, 0.29) is 5.91 Å². The Balaban J connectivity index is 1.74. The lowest BCUT2D eigenvalue weighted by Crippen LogP contribution is -2.40. The molecular weight excluding hydrogens is 364 g/mol. The van der Waals surface area contributed by atoms with Gasteiger partial charge in [0.15, 0.2) is 0 Å². The van der Waals surface area contributed by atoms with Crippen LogP contribution in [-0.4, -0.2) is 37.0 Å². The molecule has 1 aromatic rings. The fourth-order valence-electron chi connectivity index (χ4n) is 3.25. The number of hydrogen-bond donors (Lipinski definition) is 1. The molecule has 0 spiro atoms. The predicted molar refractivity (Wildman–Crippen MR) is 95.5 cm³/mol. The van der Waals surface area contributed by atoms with E-state index in [0.29, 0.717) is 17.1 Å². The largest absolute Gasteiger partial charge is 0.352 e. The minimum atomic E-state index is -0.0743. The summed E-state index contributed by atoms with van der Waals surface area (Å²) in [6.45, 7) is 8.74. The van der Waals surface area contributed by atoms with Crippen molar-refractivity contribution in [1.82, 2.24) is 10.2 Å². The summed E-state index contributed by atoms with van der Waals surface area (Å²) in [6, 6.07) is 5.25. The van der Waals surface area contributed by atoms with E-state index >= 15 is 0 Å². The number of nitrogens with zero attached hydrogens (tertiary/aromatic N) is 1. The Kier molecular flexibility index (Phi) is 6.72. The lowest BCUT2D eigenvalue weighted by Gasteiger charge is -2.34. The van der Waals surface area contributed by atoms with Crippen LogP contribution in [0, 0.1) is 11.8 Å². The topological polar surface area (TPSA) is 32.3 Å². The van der Waals surface area contributed by atoms with Gasteiger partial charge in [-0.2, -0.15) is 0 Å². The molecule has 1 aliphatic rings. The summed E-state index contributed by atoms with van der Waals surface area (Å²) in [5.41, 5.74) is 0.590. The second-order valence-corrected chi connectivity index (χ2v) is 7.73. The number of piperidine rings is 1. The van der Waals surface area contributed by atoms with E-state index in [1.807, 2.05) is 0 Å². The highest BCUT2D eigenvalue weighted by atomic mass is 79.9. The standard InChI is InChI=1S/C17H24BrClN2O/c1-12-8-13(2)11-21(10-12)7-3-6-20-17(22)15-9-14(19)4-5-16(15)18/h4-5,9,12-13H,3,6-8,10-11H2,1-2H3,(H,20,22). The Labute approximate surface area is 146 Å². The Morgan fingerprint density at radius 3 is 2.73 bits per heavy atom. The first-order valence-electron chi connectivity index (χ1n) is 7.91. The molecule has 0 aliphatic carbocycles. The molecule has 5 heteroatoms. The highest BCUT2D eigenvalue weighted by Crippen LogP contribution is 2.22. The van der Waals surface area contributed by atoms with Crippen molar-refractivity contribution in [3.05, 3.63) is 33.3 Å². The van der Waals surface area contributed by atoms with Crippen LogP contribution in [0.15, 0.2) is 22.7 Å². The number of carbonyl (C=O) groups excluding carboxylic acids is 1. The van der Waals surface area contributed by atoms with E-state index in [2.05, 4.69) is 40.0 Å². The lowest BCUT2D eigenvalue weighted by atomic mass is 9.92. The molecule has 1 saturated heterocycles. The van der Waals surface area contributed by atoms with Crippen molar-refractivity contribution in [2.45, 2.75) is 26.7 Å². The maximum Gasteiger partial charge on any atom is 0.252 e. The van der Waals surface area contributed by atoms with E-state index in [1.165, 1.54) is 19.5 Å². The minimum Gasteiger partial charge on any atom is -0.352 e. The fraction of sp³-hybridized carbons (Fsp3) is 0.588. The predicted octanol–water partition coefficient (Wildman–Crippen LogP) is 4.20. The highest BCUT2D eigenvalue weighted by Gasteiger charge is 2.21. The number of rotatable bonds is 5. The van der Waals surface area contributed by atoms with Crippen molar-refractivity contribution < 1.29 is 4.79 Å². The van der Waals surface area contributed by atoms with Gasteiger partial charge in [-0.1, -0.05) is 25.4 Å². The molecule has 122 valence electrons. The summed E-state index contributed by atoms with van der Waals surface area (Å²) in [6.07, 6.45) is 2.30. The third-order valence-corrected chi connectivity index (χ3v) is 4.98. The second kappa shape index (κ2) is 8.32. The number of halogens is 2. The van der Waals surface area contributed by atoms with Crippen LogP contribution < -0.4 is 5.32 Å². The molecule has 1 heterocycles. The number of hydrogen-bond acceptors (Lipinski definition) is 2. The highest BCUT2D eigenvalue weighted by molar-refractivity contribution is 9.10. The van der Waals surface area contributed by atoms with Gasteiger partial charge in [0, 0.05) is 29.1 Å². The quantitative estimate of drug-likeness (QED) is 0.768. The molecular formula is C17H24BrClN2O. The zero-order valence-corrected chi connectivity index (χ0v) is 15.6. The van der Waals surface area contributed by atoms with Crippen LogP contribution in [0.2, 0.25) is 5.02 Å². The molecule has 2 unspecified atom stereocenters. The first-order valence-corrected chi connectivity index (χ1v) is 9.08. The first-order chi connectivity index (χ1) is 10.5. The van der Waals surface area contributed by atoms with Crippen LogP contribution in [0.25, 0.3) is 0 Å². The van der Waals surface area contributed by atoms with Crippen molar-refractivity contribution in [3.63, 3.8) is 0 Å². The maximum absolute atomic E-state index is 12.2. The fourth-order valence-corrected chi connectivity index (χ4v) is 3.84. The number of carbonyl (C=O) groups is 1. The molecule has 2 rings (SSSR count). The number of likely N-dealkylation sites (tertiary alicyclic amines) is 1. The van der Waals surface area contributed by atoms with Gasteiger partial charge in [0.05, 0.1) is 5.56 Å². The molecule has 1 N–H and O–H groups in total. The molecule has 22 heavy (non-hydrogen) atoms. The maximum atomic E-state index is 12.2. The minimum absolute atomic E-state index is 0.0743. The Hall–Kier alpha value is -0.580. The number of nitrogens with one attached hydrogen (secondary N) is 1. The number of benzene rings is 1. The second-order valence-electron chi connectivity index (χ2n) is 6.44. The first kappa shape index (κ1) is 17.8. The van der Waals surface area contributed by atoms with Crippen LogP contribution >= 0.6 is 27.5 Å². The normalized spacial score (nSPS) is 22.5. The molecule has 0 bridgehead atoms. The Morgan fingerprint density at radius 2 is 2.05 bits per heavy atom. The summed E-state index contributed by atoms with van der Waals surface area (Å²) < 4.78 is 0.771. The van der Waals surface area contributed by atoms with Gasteiger partial charge in [-0.25, -0.2) is 0 Å². The van der Waals surface area contributed by atoms with E-state index in [9.17, 15) is 4.79 Å².